The molecule has 3 aromatic carbocycles. The van der Waals surface area contributed by atoms with Crippen LogP contribution in [-0.4, -0.2) is 36.0 Å². The van der Waals surface area contributed by atoms with Gasteiger partial charge in [-0.1, -0.05) is 79.7 Å². The van der Waals surface area contributed by atoms with Crippen LogP contribution in [0.2, 0.25) is 0 Å². The summed E-state index contributed by atoms with van der Waals surface area (Å²) in [6, 6.07) is 26.1. The third-order valence-corrected chi connectivity index (χ3v) is 10.5. The minimum Gasteiger partial charge on any atom is -0.355 e. The van der Waals surface area contributed by atoms with Gasteiger partial charge in [0.05, 0.1) is 28.8 Å². The van der Waals surface area contributed by atoms with Crippen molar-refractivity contribution in [3.05, 3.63) is 108 Å². The first kappa shape index (κ1) is 24.4. The van der Waals surface area contributed by atoms with E-state index in [0.717, 1.165) is 22.9 Å². The largest absolute Gasteiger partial charge is 0.355 e. The van der Waals surface area contributed by atoms with Crippen molar-refractivity contribution in [1.82, 2.24) is 8.87 Å². The second-order valence-corrected chi connectivity index (χ2v) is 12.5. The molecule has 7 heteroatoms. The number of aromatic nitrogens is 1. The molecular weight excluding hydrogens is 508 g/mol. The fourth-order valence-corrected chi connectivity index (χ4v) is 8.51. The molecule has 39 heavy (non-hydrogen) atoms. The molecule has 0 radical (unpaired) electrons. The van der Waals surface area contributed by atoms with Gasteiger partial charge in [0.2, 0.25) is 5.91 Å². The average Bonchev–Trinajstić information content (AvgIpc) is 3.49. The van der Waals surface area contributed by atoms with Crippen LogP contribution in [0, 0.1) is 17.8 Å². The lowest BCUT2D eigenvalue weighted by Gasteiger charge is -2.45. The first-order valence-corrected chi connectivity index (χ1v) is 15.0. The zero-order valence-corrected chi connectivity index (χ0v) is 22.5. The topological polar surface area (TPSA) is 68.6 Å². The molecule has 1 aromatic heterocycles. The predicted molar refractivity (Wildman–Crippen MR) is 150 cm³/mol. The lowest BCUT2D eigenvalue weighted by molar-refractivity contribution is -0.159. The molecule has 1 aliphatic carbocycles. The molecule has 5 atom stereocenters. The van der Waals surface area contributed by atoms with Crippen molar-refractivity contribution in [2.24, 2.45) is 17.8 Å². The van der Waals surface area contributed by atoms with Crippen molar-refractivity contribution in [3.8, 4) is 0 Å². The zero-order valence-electron chi connectivity index (χ0n) is 21.7. The van der Waals surface area contributed by atoms with Gasteiger partial charge in [-0.3, -0.25) is 4.79 Å². The van der Waals surface area contributed by atoms with E-state index in [1.807, 2.05) is 59.5 Å². The second kappa shape index (κ2) is 9.21. The maximum absolute atomic E-state index is 14.3. The first-order chi connectivity index (χ1) is 19.0. The molecule has 2 saturated heterocycles. The summed E-state index contributed by atoms with van der Waals surface area (Å²) < 4.78 is 35.8. The summed E-state index contributed by atoms with van der Waals surface area (Å²) in [6.45, 7) is 2.64. The lowest BCUT2D eigenvalue weighted by atomic mass is 9.73. The minimum absolute atomic E-state index is 0.0442. The number of amides is 1. The Morgan fingerprint density at radius 3 is 2.36 bits per heavy atom. The highest BCUT2D eigenvalue weighted by Crippen LogP contribution is 2.48. The number of carbonyl (C=O) groups is 1. The number of benzene rings is 3. The number of nitrogens with zero attached hydrogens (tertiary/aromatic N) is 2. The van der Waals surface area contributed by atoms with E-state index in [0.29, 0.717) is 24.2 Å². The molecule has 2 fully saturated rings. The molecule has 7 rings (SSSR count). The summed E-state index contributed by atoms with van der Waals surface area (Å²) >= 11 is 0. The third kappa shape index (κ3) is 3.63. The summed E-state index contributed by atoms with van der Waals surface area (Å²) in [5.41, 5.74) is 3.26. The molecule has 2 aliphatic heterocycles. The second-order valence-electron chi connectivity index (χ2n) is 10.7. The van der Waals surface area contributed by atoms with Crippen molar-refractivity contribution in [2.45, 2.75) is 36.9 Å². The van der Waals surface area contributed by atoms with Gasteiger partial charge in [0.15, 0.2) is 0 Å². The summed E-state index contributed by atoms with van der Waals surface area (Å²) in [6.07, 6.45) is 5.06. The SMILES string of the molecule is CC[C@@H]1[C@@H]2C=Cc3c(c4ccccc4n3S(=O)(=O)c3ccccc3)C[C@H]2C(=O)N2[C@H](c3ccccc3)CO[C@@H]12. The number of piperidine rings is 1. The maximum Gasteiger partial charge on any atom is 0.268 e. The number of allylic oxidation sites excluding steroid dienone is 1. The number of hydrogen-bond acceptors (Lipinski definition) is 4. The first-order valence-electron chi connectivity index (χ1n) is 13.6. The van der Waals surface area contributed by atoms with Gasteiger partial charge in [0, 0.05) is 17.2 Å². The molecule has 4 aromatic rings. The van der Waals surface area contributed by atoms with Crippen LogP contribution in [0.25, 0.3) is 17.0 Å². The van der Waals surface area contributed by atoms with Crippen molar-refractivity contribution in [1.29, 1.82) is 0 Å². The number of hydrogen-bond donors (Lipinski definition) is 0. The van der Waals surface area contributed by atoms with Crippen LogP contribution in [0.1, 0.15) is 36.2 Å². The third-order valence-electron chi connectivity index (χ3n) is 8.75. The quantitative estimate of drug-likeness (QED) is 0.337. The van der Waals surface area contributed by atoms with Gasteiger partial charge >= 0.3 is 0 Å². The Labute approximate surface area is 228 Å². The molecule has 0 bridgehead atoms. The van der Waals surface area contributed by atoms with Gasteiger partial charge in [-0.05, 0) is 54.2 Å². The van der Waals surface area contributed by atoms with E-state index in [4.69, 9.17) is 4.74 Å². The van der Waals surface area contributed by atoms with Crippen LogP contribution in [0.3, 0.4) is 0 Å². The summed E-state index contributed by atoms with van der Waals surface area (Å²) in [5, 5.41) is 0.873. The summed E-state index contributed by atoms with van der Waals surface area (Å²) in [5.74, 6) is -0.138. The zero-order chi connectivity index (χ0) is 26.7. The minimum atomic E-state index is -3.86. The van der Waals surface area contributed by atoms with Crippen LogP contribution in [0.15, 0.2) is 95.9 Å². The number of carbonyl (C=O) groups excluding carboxylic acids is 1. The fourth-order valence-electron chi connectivity index (χ4n) is 6.95. The Morgan fingerprint density at radius 2 is 1.62 bits per heavy atom. The molecule has 3 aliphatic rings. The maximum atomic E-state index is 14.3. The molecule has 1 amide bonds. The van der Waals surface area contributed by atoms with E-state index in [9.17, 15) is 13.2 Å². The molecular formula is C32H30N2O4S. The summed E-state index contributed by atoms with van der Waals surface area (Å²) in [7, 11) is -3.86. The fraction of sp³-hybridized carbons (Fsp3) is 0.281. The average molecular weight is 539 g/mol. The van der Waals surface area contributed by atoms with Gasteiger partial charge in [-0.2, -0.15) is 0 Å². The number of ether oxygens (including phenoxy) is 1. The standard InChI is InChI=1S/C32H30N2O4S/c1-2-23-24-17-18-29-26(19-27(24)31(35)33-30(20-38-32(23)33)21-11-5-3-6-12-21)25-15-9-10-16-28(25)34(29)39(36,37)22-13-7-4-8-14-22/h3-18,23-24,27,30,32H,2,19-20H2,1H3/t23-,24+,27-,30+,32+/m1/s1. The number of fused-ring (bicyclic) bond motifs is 5. The van der Waals surface area contributed by atoms with Gasteiger partial charge < -0.3 is 9.64 Å². The molecule has 6 nitrogen and oxygen atoms in total. The van der Waals surface area contributed by atoms with Crippen LogP contribution >= 0.6 is 0 Å². The molecule has 0 N–H and O–H groups in total. The normalized spacial score (nSPS) is 26.2. The Hall–Kier alpha value is -3.68. The van der Waals surface area contributed by atoms with Gasteiger partial charge in [0.1, 0.15) is 6.23 Å². The van der Waals surface area contributed by atoms with Gasteiger partial charge in [-0.25, -0.2) is 12.4 Å². The number of para-hydroxylation sites is 1. The van der Waals surface area contributed by atoms with E-state index in [2.05, 4.69) is 25.1 Å². The van der Waals surface area contributed by atoms with E-state index in [1.54, 1.807) is 24.3 Å². The monoisotopic (exact) mass is 538 g/mol. The Bertz CT molecular complexity index is 1690. The van der Waals surface area contributed by atoms with Crippen molar-refractivity contribution in [2.75, 3.05) is 6.61 Å². The Morgan fingerprint density at radius 1 is 0.923 bits per heavy atom. The van der Waals surface area contributed by atoms with E-state index in [-0.39, 0.29) is 40.8 Å². The Kier molecular flexibility index (Phi) is 5.75. The molecule has 3 heterocycles. The lowest BCUT2D eigenvalue weighted by Crippen LogP contribution is -2.54. The highest BCUT2D eigenvalue weighted by molar-refractivity contribution is 7.90. The van der Waals surface area contributed by atoms with E-state index in [1.165, 1.54) is 3.97 Å². The molecule has 0 spiro atoms. The highest BCUT2D eigenvalue weighted by Gasteiger charge is 2.53. The van der Waals surface area contributed by atoms with Crippen LogP contribution in [-0.2, 0) is 26.0 Å². The van der Waals surface area contributed by atoms with E-state index >= 15 is 0 Å². The highest BCUT2D eigenvalue weighted by atomic mass is 32.2. The summed E-state index contributed by atoms with van der Waals surface area (Å²) in [4.78, 5) is 16.5. The Balaban J connectivity index is 1.38. The van der Waals surface area contributed by atoms with Gasteiger partial charge in [-0.15, -0.1) is 0 Å². The molecule has 198 valence electrons. The van der Waals surface area contributed by atoms with E-state index < -0.39 is 10.0 Å². The van der Waals surface area contributed by atoms with Crippen LogP contribution in [0.4, 0.5) is 0 Å². The molecule has 0 unspecified atom stereocenters. The van der Waals surface area contributed by atoms with Crippen molar-refractivity contribution < 1.29 is 17.9 Å². The smallest absolute Gasteiger partial charge is 0.268 e. The van der Waals surface area contributed by atoms with Crippen LogP contribution in [0.5, 0.6) is 0 Å². The van der Waals surface area contributed by atoms with Crippen LogP contribution < -0.4 is 0 Å². The number of rotatable bonds is 4. The van der Waals surface area contributed by atoms with Crippen molar-refractivity contribution >= 4 is 32.9 Å². The van der Waals surface area contributed by atoms with Gasteiger partial charge in [0.25, 0.3) is 10.0 Å². The molecule has 0 saturated carbocycles. The van der Waals surface area contributed by atoms with Crippen molar-refractivity contribution in [3.63, 3.8) is 0 Å². The predicted octanol–water partition coefficient (Wildman–Crippen LogP) is 5.65.